The van der Waals surface area contributed by atoms with Gasteiger partial charge < -0.3 is 5.32 Å². The van der Waals surface area contributed by atoms with E-state index in [4.69, 9.17) is 11.6 Å². The number of aromatic nitrogens is 1. The molecule has 1 atom stereocenters. The van der Waals surface area contributed by atoms with Crippen molar-refractivity contribution < 1.29 is 0 Å². The fourth-order valence-corrected chi connectivity index (χ4v) is 3.33. The summed E-state index contributed by atoms with van der Waals surface area (Å²) in [5.41, 5.74) is 6.29. The second-order valence-electron chi connectivity index (χ2n) is 5.14. The first-order chi connectivity index (χ1) is 10.2. The summed E-state index contributed by atoms with van der Waals surface area (Å²) in [5.74, 6) is 0. The van der Waals surface area contributed by atoms with Gasteiger partial charge in [-0.3, -0.25) is 0 Å². The first kappa shape index (κ1) is 14.4. The Kier molecular flexibility index (Phi) is 4.13. The lowest BCUT2D eigenvalue weighted by Crippen LogP contribution is -2.10. The van der Waals surface area contributed by atoms with Crippen LogP contribution < -0.4 is 5.32 Å². The molecule has 0 aliphatic carbocycles. The van der Waals surface area contributed by atoms with Crippen LogP contribution in [0.4, 0.5) is 5.69 Å². The van der Waals surface area contributed by atoms with Gasteiger partial charge in [0.05, 0.1) is 27.0 Å². The SMILES string of the molecule is CCC(Nc1c(Cl)ccc2scnc12)c1ccc(C)cc1. The molecule has 2 nitrogen and oxygen atoms in total. The maximum Gasteiger partial charge on any atom is 0.106 e. The second kappa shape index (κ2) is 6.04. The van der Waals surface area contributed by atoms with Gasteiger partial charge in [-0.1, -0.05) is 48.4 Å². The van der Waals surface area contributed by atoms with Gasteiger partial charge in [0, 0.05) is 0 Å². The van der Waals surface area contributed by atoms with Crippen LogP contribution in [0.3, 0.4) is 0 Å². The Labute approximate surface area is 133 Å². The van der Waals surface area contributed by atoms with E-state index in [1.165, 1.54) is 11.1 Å². The molecule has 3 aromatic rings. The number of nitrogens with one attached hydrogen (secondary N) is 1. The normalized spacial score (nSPS) is 12.5. The minimum absolute atomic E-state index is 0.232. The van der Waals surface area contributed by atoms with Gasteiger partial charge in [0.2, 0.25) is 0 Å². The van der Waals surface area contributed by atoms with Crippen molar-refractivity contribution in [2.75, 3.05) is 5.32 Å². The van der Waals surface area contributed by atoms with E-state index in [1.807, 2.05) is 17.6 Å². The van der Waals surface area contributed by atoms with Crippen molar-refractivity contribution in [1.29, 1.82) is 0 Å². The number of aryl methyl sites for hydroxylation is 1. The molecule has 108 valence electrons. The Morgan fingerprint density at radius 3 is 2.67 bits per heavy atom. The summed E-state index contributed by atoms with van der Waals surface area (Å²) in [7, 11) is 0. The predicted octanol–water partition coefficient (Wildman–Crippen LogP) is 5.82. The highest BCUT2D eigenvalue weighted by Gasteiger charge is 2.14. The molecule has 1 N–H and O–H groups in total. The number of fused-ring (bicyclic) bond motifs is 1. The van der Waals surface area contributed by atoms with Crippen LogP contribution in [0.1, 0.15) is 30.5 Å². The van der Waals surface area contributed by atoms with Crippen molar-refractivity contribution in [3.8, 4) is 0 Å². The third-order valence-corrected chi connectivity index (χ3v) is 4.77. The molecular formula is C17H17ClN2S. The molecule has 0 aliphatic heterocycles. The van der Waals surface area contributed by atoms with Crippen LogP contribution in [0.25, 0.3) is 10.2 Å². The van der Waals surface area contributed by atoms with Crippen LogP contribution in [0.15, 0.2) is 41.9 Å². The molecule has 0 spiro atoms. The number of hydrogen-bond donors (Lipinski definition) is 1. The molecule has 0 radical (unpaired) electrons. The Morgan fingerprint density at radius 2 is 1.95 bits per heavy atom. The minimum Gasteiger partial charge on any atom is -0.375 e. The first-order valence-electron chi connectivity index (χ1n) is 7.04. The van der Waals surface area contributed by atoms with Crippen molar-refractivity contribution in [2.24, 2.45) is 0 Å². The molecule has 0 fully saturated rings. The quantitative estimate of drug-likeness (QED) is 0.656. The minimum atomic E-state index is 0.232. The van der Waals surface area contributed by atoms with Crippen LogP contribution >= 0.6 is 22.9 Å². The third kappa shape index (κ3) is 2.89. The average molecular weight is 317 g/mol. The van der Waals surface area contributed by atoms with Gasteiger partial charge in [-0.15, -0.1) is 11.3 Å². The van der Waals surface area contributed by atoms with E-state index >= 15 is 0 Å². The molecule has 2 aromatic carbocycles. The van der Waals surface area contributed by atoms with Crippen LogP contribution in [0, 0.1) is 6.92 Å². The lowest BCUT2D eigenvalue weighted by atomic mass is 10.0. The molecule has 0 saturated heterocycles. The summed E-state index contributed by atoms with van der Waals surface area (Å²) in [6.45, 7) is 4.28. The standard InChI is InChI=1S/C17H17ClN2S/c1-3-14(12-6-4-11(2)5-7-12)20-16-13(18)8-9-15-17(16)19-10-21-15/h4-10,14,20H,3H2,1-2H3. The van der Waals surface area contributed by atoms with E-state index in [1.54, 1.807) is 11.3 Å². The van der Waals surface area contributed by atoms with Crippen molar-refractivity contribution >= 4 is 38.8 Å². The van der Waals surface area contributed by atoms with Gasteiger partial charge >= 0.3 is 0 Å². The Balaban J connectivity index is 1.97. The highest BCUT2D eigenvalue weighted by Crippen LogP contribution is 2.35. The van der Waals surface area contributed by atoms with Gasteiger partial charge in [-0.05, 0) is 31.0 Å². The zero-order valence-corrected chi connectivity index (χ0v) is 13.6. The van der Waals surface area contributed by atoms with Crippen molar-refractivity contribution in [2.45, 2.75) is 26.3 Å². The summed E-state index contributed by atoms with van der Waals surface area (Å²) >= 11 is 8.01. The largest absolute Gasteiger partial charge is 0.375 e. The summed E-state index contributed by atoms with van der Waals surface area (Å²) < 4.78 is 1.15. The van der Waals surface area contributed by atoms with Gasteiger partial charge in [-0.25, -0.2) is 4.98 Å². The van der Waals surface area contributed by atoms with Crippen molar-refractivity contribution in [1.82, 2.24) is 4.98 Å². The van der Waals surface area contributed by atoms with Crippen molar-refractivity contribution in [3.05, 3.63) is 58.1 Å². The van der Waals surface area contributed by atoms with Gasteiger partial charge in [0.1, 0.15) is 5.52 Å². The van der Waals surface area contributed by atoms with Gasteiger partial charge in [-0.2, -0.15) is 0 Å². The van der Waals surface area contributed by atoms with Crippen molar-refractivity contribution in [3.63, 3.8) is 0 Å². The van der Waals surface area contributed by atoms with E-state index < -0.39 is 0 Å². The molecule has 21 heavy (non-hydrogen) atoms. The number of halogens is 1. The molecule has 4 heteroatoms. The van der Waals surface area contributed by atoms with Crippen LogP contribution in [0.5, 0.6) is 0 Å². The maximum atomic E-state index is 6.38. The van der Waals surface area contributed by atoms with E-state index in [0.717, 1.165) is 27.3 Å². The highest BCUT2D eigenvalue weighted by atomic mass is 35.5. The zero-order valence-electron chi connectivity index (χ0n) is 12.1. The van der Waals surface area contributed by atoms with E-state index in [2.05, 4.69) is 48.4 Å². The summed E-state index contributed by atoms with van der Waals surface area (Å²) in [4.78, 5) is 4.45. The summed E-state index contributed by atoms with van der Waals surface area (Å²) in [5, 5.41) is 4.30. The molecule has 3 rings (SSSR count). The van der Waals surface area contributed by atoms with Gasteiger partial charge in [0.15, 0.2) is 0 Å². The Bertz CT molecular complexity index is 749. The molecule has 1 unspecified atom stereocenters. The molecule has 1 aromatic heterocycles. The summed E-state index contributed by atoms with van der Waals surface area (Å²) in [6.07, 6.45) is 0.986. The third-order valence-electron chi connectivity index (χ3n) is 3.66. The van der Waals surface area contributed by atoms with E-state index in [-0.39, 0.29) is 6.04 Å². The number of thiazole rings is 1. The summed E-state index contributed by atoms with van der Waals surface area (Å²) in [6, 6.07) is 12.8. The smallest absolute Gasteiger partial charge is 0.106 e. The highest BCUT2D eigenvalue weighted by molar-refractivity contribution is 7.16. The number of nitrogens with zero attached hydrogens (tertiary/aromatic N) is 1. The maximum absolute atomic E-state index is 6.38. The lowest BCUT2D eigenvalue weighted by Gasteiger charge is -2.20. The number of benzene rings is 2. The predicted molar refractivity (Wildman–Crippen MR) is 92.5 cm³/mol. The average Bonchev–Trinajstić information content (AvgIpc) is 2.96. The fourth-order valence-electron chi connectivity index (χ4n) is 2.44. The van der Waals surface area contributed by atoms with E-state index in [0.29, 0.717) is 0 Å². The molecule has 0 saturated carbocycles. The Hall–Kier alpha value is -1.58. The first-order valence-corrected chi connectivity index (χ1v) is 8.29. The van der Waals surface area contributed by atoms with E-state index in [9.17, 15) is 0 Å². The van der Waals surface area contributed by atoms with Crippen LogP contribution in [0.2, 0.25) is 5.02 Å². The molecule has 0 aliphatic rings. The molecule has 1 heterocycles. The number of hydrogen-bond acceptors (Lipinski definition) is 3. The monoisotopic (exact) mass is 316 g/mol. The molecular weight excluding hydrogens is 300 g/mol. The number of anilines is 1. The topological polar surface area (TPSA) is 24.9 Å². The van der Waals surface area contributed by atoms with Gasteiger partial charge in [0.25, 0.3) is 0 Å². The Morgan fingerprint density at radius 1 is 1.19 bits per heavy atom. The zero-order chi connectivity index (χ0) is 14.8. The molecule has 0 bridgehead atoms. The number of rotatable bonds is 4. The second-order valence-corrected chi connectivity index (χ2v) is 6.43. The lowest BCUT2D eigenvalue weighted by molar-refractivity contribution is 0.750. The molecule has 0 amide bonds. The van der Waals surface area contributed by atoms with Crippen LogP contribution in [-0.2, 0) is 0 Å². The fraction of sp³-hybridized carbons (Fsp3) is 0.235. The van der Waals surface area contributed by atoms with Crippen LogP contribution in [-0.4, -0.2) is 4.98 Å².